The molecular formula is C33H42FN5O3. The molecule has 0 aliphatic carbocycles. The van der Waals surface area contributed by atoms with Crippen molar-refractivity contribution in [3.05, 3.63) is 88.7 Å². The van der Waals surface area contributed by atoms with Crippen molar-refractivity contribution >= 4 is 11.5 Å². The Kier molecular flexibility index (Phi) is 10.9. The van der Waals surface area contributed by atoms with Gasteiger partial charge in [0, 0.05) is 42.9 Å². The highest BCUT2D eigenvalue weighted by Gasteiger charge is 2.21. The molecule has 0 saturated carbocycles. The fourth-order valence-electron chi connectivity index (χ4n) is 5.05. The third kappa shape index (κ3) is 8.30. The molecule has 224 valence electrons. The largest absolute Gasteiger partial charge is 0.497 e. The van der Waals surface area contributed by atoms with Crippen LogP contribution in [0, 0.1) is 11.2 Å². The molecule has 0 amide bonds. The second kappa shape index (κ2) is 14.8. The normalized spacial score (nSPS) is 14.7. The lowest BCUT2D eigenvalue weighted by Crippen LogP contribution is -2.35. The van der Waals surface area contributed by atoms with Crippen molar-refractivity contribution in [2.45, 2.75) is 31.8 Å². The van der Waals surface area contributed by atoms with Crippen LogP contribution < -0.4 is 19.9 Å². The van der Waals surface area contributed by atoms with Gasteiger partial charge in [-0.3, -0.25) is 15.3 Å². The summed E-state index contributed by atoms with van der Waals surface area (Å²) < 4.78 is 30.9. The number of amidine groups is 1. The van der Waals surface area contributed by atoms with Gasteiger partial charge >= 0.3 is 0 Å². The van der Waals surface area contributed by atoms with E-state index in [0.717, 1.165) is 55.8 Å². The van der Waals surface area contributed by atoms with Crippen LogP contribution in [0.5, 0.6) is 17.2 Å². The van der Waals surface area contributed by atoms with Crippen LogP contribution in [0.1, 0.15) is 41.5 Å². The fraction of sp³-hybridized carbons (Fsp3) is 0.394. The van der Waals surface area contributed by atoms with Crippen LogP contribution >= 0.6 is 0 Å². The molecule has 3 N–H and O–H groups in total. The Morgan fingerprint density at radius 2 is 1.67 bits per heavy atom. The van der Waals surface area contributed by atoms with E-state index in [2.05, 4.69) is 9.80 Å². The Bertz CT molecular complexity index is 1370. The summed E-state index contributed by atoms with van der Waals surface area (Å²) in [5, 5.41) is 8.86. The van der Waals surface area contributed by atoms with E-state index in [1.54, 1.807) is 26.4 Å². The number of nitrogens with two attached hydrogens (primary N) is 1. The lowest BCUT2D eigenvalue weighted by molar-refractivity contribution is 0.206. The van der Waals surface area contributed by atoms with Gasteiger partial charge in [0.1, 0.15) is 17.3 Å². The quantitative estimate of drug-likeness (QED) is 0.170. The molecule has 8 nitrogen and oxygen atoms in total. The number of rotatable bonds is 13. The number of halogens is 1. The highest BCUT2D eigenvalue weighted by Crippen LogP contribution is 2.25. The number of ether oxygens (including phenoxy) is 3. The van der Waals surface area contributed by atoms with Crippen molar-refractivity contribution in [2.75, 3.05) is 54.6 Å². The first-order valence-electron chi connectivity index (χ1n) is 14.3. The number of hydrogen-bond donors (Lipinski definition) is 2. The first-order valence-corrected chi connectivity index (χ1v) is 14.3. The number of nitrogens with zero attached hydrogens (tertiary/aromatic N) is 3. The van der Waals surface area contributed by atoms with Crippen molar-refractivity contribution < 1.29 is 18.6 Å². The lowest BCUT2D eigenvalue weighted by Gasteiger charge is -2.30. The van der Waals surface area contributed by atoms with Crippen LogP contribution in [0.4, 0.5) is 4.39 Å². The molecule has 1 heterocycles. The van der Waals surface area contributed by atoms with Gasteiger partial charge < -0.3 is 24.8 Å². The molecule has 1 saturated heterocycles. The van der Waals surface area contributed by atoms with E-state index in [1.807, 2.05) is 62.6 Å². The molecule has 0 unspecified atom stereocenters. The average Bonchev–Trinajstić information content (AvgIpc) is 3.00. The molecule has 0 spiro atoms. The molecule has 0 bridgehead atoms. The standard InChI is InChI=1S/C33H42FN5O3/c1-38(2)16-5-19-42-31-13-6-23(20-30(31)34)22-39-17-14-25(15-18-39)37-33(36)29-21-27(41-4)11-12-28(29)32(35)24-7-9-26(40-3)10-8-24/h6-13,20-21,25,35H,5,14-19,22H2,1-4H3,(H2,36,37). The van der Waals surface area contributed by atoms with Crippen LogP contribution in [0.3, 0.4) is 0 Å². The Morgan fingerprint density at radius 3 is 2.31 bits per heavy atom. The number of nitrogens with one attached hydrogen (secondary N) is 1. The van der Waals surface area contributed by atoms with Crippen LogP contribution in [0.2, 0.25) is 0 Å². The van der Waals surface area contributed by atoms with E-state index in [4.69, 9.17) is 30.3 Å². The Hall–Kier alpha value is -3.95. The summed E-state index contributed by atoms with van der Waals surface area (Å²) in [6, 6.07) is 18.2. The molecule has 0 radical (unpaired) electrons. The first-order chi connectivity index (χ1) is 20.3. The van der Waals surface area contributed by atoms with E-state index in [-0.39, 0.29) is 11.9 Å². The third-order valence-corrected chi connectivity index (χ3v) is 7.44. The average molecular weight is 576 g/mol. The zero-order valence-corrected chi connectivity index (χ0v) is 25.0. The predicted octanol–water partition coefficient (Wildman–Crippen LogP) is 4.96. The van der Waals surface area contributed by atoms with Crippen LogP contribution in [-0.2, 0) is 6.54 Å². The zero-order chi connectivity index (χ0) is 30.1. The van der Waals surface area contributed by atoms with Crippen molar-refractivity contribution in [1.29, 1.82) is 5.41 Å². The number of aliphatic imine (C=N–C) groups is 1. The number of piperidine rings is 1. The molecule has 0 aromatic heterocycles. The van der Waals surface area contributed by atoms with E-state index in [1.165, 1.54) is 0 Å². The summed E-state index contributed by atoms with van der Waals surface area (Å²) in [7, 11) is 7.24. The minimum Gasteiger partial charge on any atom is -0.497 e. The second-order valence-corrected chi connectivity index (χ2v) is 10.8. The van der Waals surface area contributed by atoms with Crippen LogP contribution in [-0.4, -0.2) is 81.9 Å². The Labute approximate surface area is 248 Å². The zero-order valence-electron chi connectivity index (χ0n) is 25.0. The number of hydrogen-bond acceptors (Lipinski definition) is 7. The van der Waals surface area contributed by atoms with Gasteiger partial charge in [-0.2, -0.15) is 0 Å². The van der Waals surface area contributed by atoms with Gasteiger partial charge in [0.05, 0.1) is 32.6 Å². The summed E-state index contributed by atoms with van der Waals surface area (Å²) in [6.45, 7) is 3.73. The summed E-state index contributed by atoms with van der Waals surface area (Å²) in [5.41, 5.74) is 9.96. The van der Waals surface area contributed by atoms with Gasteiger partial charge in [-0.05, 0) is 93.5 Å². The molecule has 3 aromatic rings. The van der Waals surface area contributed by atoms with E-state index in [0.29, 0.717) is 47.3 Å². The lowest BCUT2D eigenvalue weighted by atomic mass is 9.96. The molecule has 3 aromatic carbocycles. The molecular weight excluding hydrogens is 533 g/mol. The summed E-state index contributed by atoms with van der Waals surface area (Å²) in [4.78, 5) is 9.27. The summed E-state index contributed by atoms with van der Waals surface area (Å²) >= 11 is 0. The molecule has 42 heavy (non-hydrogen) atoms. The highest BCUT2D eigenvalue weighted by molar-refractivity contribution is 6.17. The van der Waals surface area contributed by atoms with Crippen LogP contribution in [0.25, 0.3) is 0 Å². The van der Waals surface area contributed by atoms with Gasteiger partial charge in [-0.1, -0.05) is 6.07 Å². The molecule has 1 fully saturated rings. The molecule has 4 rings (SSSR count). The maximum absolute atomic E-state index is 14.6. The number of methoxy groups -OCH3 is 2. The number of benzene rings is 3. The maximum atomic E-state index is 14.6. The topological polar surface area (TPSA) is 96.4 Å². The third-order valence-electron chi connectivity index (χ3n) is 7.44. The molecule has 9 heteroatoms. The first kappa shape index (κ1) is 31.0. The number of likely N-dealkylation sites (tertiary alicyclic amines) is 1. The second-order valence-electron chi connectivity index (χ2n) is 10.8. The van der Waals surface area contributed by atoms with Gasteiger partial charge in [-0.25, -0.2) is 4.39 Å². The predicted molar refractivity (Wildman–Crippen MR) is 166 cm³/mol. The minimum absolute atomic E-state index is 0.0603. The van der Waals surface area contributed by atoms with Gasteiger partial charge in [0.15, 0.2) is 11.6 Å². The van der Waals surface area contributed by atoms with Crippen LogP contribution in [0.15, 0.2) is 65.7 Å². The van der Waals surface area contributed by atoms with Crippen molar-refractivity contribution in [3.63, 3.8) is 0 Å². The van der Waals surface area contributed by atoms with E-state index >= 15 is 0 Å². The Morgan fingerprint density at radius 1 is 0.976 bits per heavy atom. The molecule has 0 atom stereocenters. The fourth-order valence-corrected chi connectivity index (χ4v) is 5.05. The van der Waals surface area contributed by atoms with Gasteiger partial charge in [0.2, 0.25) is 0 Å². The van der Waals surface area contributed by atoms with E-state index < -0.39 is 0 Å². The molecule has 1 aliphatic rings. The van der Waals surface area contributed by atoms with Crippen molar-refractivity contribution in [2.24, 2.45) is 10.7 Å². The van der Waals surface area contributed by atoms with Crippen molar-refractivity contribution in [3.8, 4) is 17.2 Å². The highest BCUT2D eigenvalue weighted by atomic mass is 19.1. The Balaban J connectivity index is 1.37. The monoisotopic (exact) mass is 575 g/mol. The SMILES string of the molecule is COc1ccc(C(=N)c2ccc(OC)cc2C(N)=NC2CCN(Cc3ccc(OCCCN(C)C)c(F)c3)CC2)cc1. The van der Waals surface area contributed by atoms with Gasteiger partial charge in [0.25, 0.3) is 0 Å². The van der Waals surface area contributed by atoms with Crippen molar-refractivity contribution in [1.82, 2.24) is 9.80 Å². The van der Waals surface area contributed by atoms with Gasteiger partial charge in [-0.15, -0.1) is 0 Å². The van der Waals surface area contributed by atoms with E-state index in [9.17, 15) is 4.39 Å². The summed E-state index contributed by atoms with van der Waals surface area (Å²) in [6.07, 6.45) is 2.53. The summed E-state index contributed by atoms with van der Waals surface area (Å²) in [5.74, 6) is 1.76. The smallest absolute Gasteiger partial charge is 0.165 e. The minimum atomic E-state index is -0.320. The molecule has 1 aliphatic heterocycles. The maximum Gasteiger partial charge on any atom is 0.165 e.